The molecule has 3 aliphatic heterocycles. The van der Waals surface area contributed by atoms with E-state index in [1.807, 2.05) is 6.07 Å². The van der Waals surface area contributed by atoms with Gasteiger partial charge >= 0.3 is 0 Å². The van der Waals surface area contributed by atoms with Gasteiger partial charge in [0.15, 0.2) is 11.5 Å². The second-order valence-corrected chi connectivity index (χ2v) is 8.72. The summed E-state index contributed by atoms with van der Waals surface area (Å²) in [6.45, 7) is 5.31. The fourth-order valence-corrected chi connectivity index (χ4v) is 4.87. The molecule has 1 atom stereocenters. The van der Waals surface area contributed by atoms with Gasteiger partial charge in [0.05, 0.1) is 12.2 Å². The molecule has 3 aliphatic rings. The van der Waals surface area contributed by atoms with E-state index in [-0.39, 0.29) is 5.60 Å². The second-order valence-electron chi connectivity index (χ2n) is 8.72. The molecule has 5 heteroatoms. The molecule has 154 valence electrons. The van der Waals surface area contributed by atoms with Crippen molar-refractivity contribution in [1.82, 2.24) is 9.80 Å². The minimum atomic E-state index is 0.0704. The summed E-state index contributed by atoms with van der Waals surface area (Å²) in [6.07, 6.45) is 3.38. The molecule has 0 bridgehead atoms. The number of benzene rings is 2. The number of hydrogen-bond acceptors (Lipinski definition) is 5. The van der Waals surface area contributed by atoms with Gasteiger partial charge in [-0.15, -0.1) is 0 Å². The van der Waals surface area contributed by atoms with E-state index in [1.54, 1.807) is 0 Å². The van der Waals surface area contributed by atoms with E-state index in [2.05, 4.69) is 59.3 Å². The molecule has 1 spiro atoms. The fourth-order valence-electron chi connectivity index (χ4n) is 4.87. The lowest BCUT2D eigenvalue weighted by Gasteiger charge is -2.39. The van der Waals surface area contributed by atoms with Gasteiger partial charge in [-0.2, -0.15) is 0 Å². The SMILES string of the molecule is CN(Cc1ccccc1)[C@H]1COC2(CCN(Cc3ccc4c(c3)OCO4)CC2)C1. The third-order valence-corrected chi connectivity index (χ3v) is 6.70. The first kappa shape index (κ1) is 18.9. The molecule has 0 aliphatic carbocycles. The number of fused-ring (bicyclic) bond motifs is 1. The van der Waals surface area contributed by atoms with Crippen molar-refractivity contribution in [2.24, 2.45) is 0 Å². The van der Waals surface area contributed by atoms with Gasteiger partial charge in [0.25, 0.3) is 0 Å². The van der Waals surface area contributed by atoms with Gasteiger partial charge in [-0.25, -0.2) is 0 Å². The summed E-state index contributed by atoms with van der Waals surface area (Å²) in [4.78, 5) is 5.00. The summed E-state index contributed by atoms with van der Waals surface area (Å²) < 4.78 is 17.3. The van der Waals surface area contributed by atoms with Crippen molar-refractivity contribution in [2.45, 2.75) is 44.0 Å². The highest BCUT2D eigenvalue weighted by Crippen LogP contribution is 2.38. The van der Waals surface area contributed by atoms with Crippen LogP contribution in [0.5, 0.6) is 11.5 Å². The lowest BCUT2D eigenvalue weighted by Crippen LogP contribution is -2.44. The van der Waals surface area contributed by atoms with Crippen molar-refractivity contribution in [3.8, 4) is 11.5 Å². The molecular weight excluding hydrogens is 364 g/mol. The molecule has 2 aromatic carbocycles. The maximum absolute atomic E-state index is 6.41. The van der Waals surface area contributed by atoms with Gasteiger partial charge in [0.2, 0.25) is 6.79 Å². The number of nitrogens with zero attached hydrogens (tertiary/aromatic N) is 2. The summed E-state index contributed by atoms with van der Waals surface area (Å²) in [5.74, 6) is 1.73. The molecule has 5 rings (SSSR count). The Balaban J connectivity index is 1.13. The molecule has 29 heavy (non-hydrogen) atoms. The topological polar surface area (TPSA) is 34.2 Å². The van der Waals surface area contributed by atoms with Crippen LogP contribution in [0.15, 0.2) is 48.5 Å². The average Bonchev–Trinajstić information content (AvgIpc) is 3.38. The highest BCUT2D eigenvalue weighted by Gasteiger charge is 2.43. The molecule has 0 aromatic heterocycles. The molecule has 5 nitrogen and oxygen atoms in total. The highest BCUT2D eigenvalue weighted by atomic mass is 16.7. The summed E-state index contributed by atoms with van der Waals surface area (Å²) in [5, 5.41) is 0. The van der Waals surface area contributed by atoms with Crippen LogP contribution >= 0.6 is 0 Å². The lowest BCUT2D eigenvalue weighted by molar-refractivity contribution is -0.0452. The van der Waals surface area contributed by atoms with Crippen molar-refractivity contribution in [1.29, 1.82) is 0 Å². The summed E-state index contributed by atoms with van der Waals surface area (Å²) >= 11 is 0. The van der Waals surface area contributed by atoms with E-state index < -0.39 is 0 Å². The number of piperidine rings is 1. The summed E-state index contributed by atoms with van der Waals surface area (Å²) in [6, 6.07) is 17.5. The zero-order valence-electron chi connectivity index (χ0n) is 17.2. The van der Waals surface area contributed by atoms with Crippen LogP contribution in [0.25, 0.3) is 0 Å². The van der Waals surface area contributed by atoms with Gasteiger partial charge in [-0.05, 0) is 49.6 Å². The van der Waals surface area contributed by atoms with Gasteiger partial charge in [0, 0.05) is 32.2 Å². The molecule has 0 radical (unpaired) electrons. The van der Waals surface area contributed by atoms with Crippen molar-refractivity contribution < 1.29 is 14.2 Å². The Morgan fingerprint density at radius 1 is 1.00 bits per heavy atom. The standard InChI is InChI=1S/C24H30N2O3/c1-25(15-19-5-3-2-4-6-19)21-14-24(29-17-21)9-11-26(12-10-24)16-20-7-8-22-23(13-20)28-18-27-22/h2-8,13,21H,9-12,14-18H2,1H3/t21-/m1/s1. The number of likely N-dealkylation sites (N-methyl/N-ethyl adjacent to an activating group) is 1. The first-order valence-electron chi connectivity index (χ1n) is 10.7. The molecule has 3 heterocycles. The van der Waals surface area contributed by atoms with Crippen molar-refractivity contribution in [3.63, 3.8) is 0 Å². The summed E-state index contributed by atoms with van der Waals surface area (Å²) in [7, 11) is 2.23. The monoisotopic (exact) mass is 394 g/mol. The van der Waals surface area contributed by atoms with Crippen LogP contribution in [-0.4, -0.2) is 55.0 Å². The Hall–Kier alpha value is -2.08. The van der Waals surface area contributed by atoms with Crippen LogP contribution in [0.1, 0.15) is 30.4 Å². The second kappa shape index (κ2) is 7.98. The molecule has 0 N–H and O–H groups in total. The number of likely N-dealkylation sites (tertiary alicyclic amines) is 1. The molecule has 0 unspecified atom stereocenters. The van der Waals surface area contributed by atoms with E-state index in [0.717, 1.165) is 63.5 Å². The predicted octanol–water partition coefficient (Wildman–Crippen LogP) is 3.67. The smallest absolute Gasteiger partial charge is 0.231 e. The van der Waals surface area contributed by atoms with Crippen molar-refractivity contribution in [3.05, 3.63) is 59.7 Å². The Morgan fingerprint density at radius 2 is 1.79 bits per heavy atom. The van der Waals surface area contributed by atoms with Gasteiger partial charge in [-0.1, -0.05) is 36.4 Å². The first-order chi connectivity index (χ1) is 14.2. The van der Waals surface area contributed by atoms with Crippen LogP contribution in [0.3, 0.4) is 0 Å². The maximum atomic E-state index is 6.41. The lowest BCUT2D eigenvalue weighted by atomic mass is 9.87. The first-order valence-corrected chi connectivity index (χ1v) is 10.7. The predicted molar refractivity (Wildman–Crippen MR) is 112 cm³/mol. The van der Waals surface area contributed by atoms with Crippen LogP contribution < -0.4 is 9.47 Å². The van der Waals surface area contributed by atoms with Crippen molar-refractivity contribution in [2.75, 3.05) is 33.5 Å². The van der Waals surface area contributed by atoms with E-state index in [9.17, 15) is 0 Å². The molecule has 0 amide bonds. The quantitative estimate of drug-likeness (QED) is 0.773. The molecular formula is C24H30N2O3. The number of rotatable bonds is 5. The Kier molecular flexibility index (Phi) is 5.20. The fraction of sp³-hybridized carbons (Fsp3) is 0.500. The van der Waals surface area contributed by atoms with E-state index in [4.69, 9.17) is 14.2 Å². The van der Waals surface area contributed by atoms with E-state index in [0.29, 0.717) is 12.8 Å². The molecule has 2 aromatic rings. The maximum Gasteiger partial charge on any atom is 0.231 e. The Labute approximate surface area is 173 Å². The average molecular weight is 395 g/mol. The molecule has 2 saturated heterocycles. The zero-order chi connectivity index (χ0) is 19.7. The van der Waals surface area contributed by atoms with Gasteiger partial charge in [-0.3, -0.25) is 9.80 Å². The largest absolute Gasteiger partial charge is 0.454 e. The Morgan fingerprint density at radius 3 is 2.62 bits per heavy atom. The van der Waals surface area contributed by atoms with Crippen LogP contribution in [0.4, 0.5) is 0 Å². The Bertz CT molecular complexity index is 833. The number of ether oxygens (including phenoxy) is 3. The third-order valence-electron chi connectivity index (χ3n) is 6.70. The van der Waals surface area contributed by atoms with E-state index >= 15 is 0 Å². The van der Waals surface area contributed by atoms with Gasteiger partial charge < -0.3 is 14.2 Å². The van der Waals surface area contributed by atoms with Crippen LogP contribution in [0, 0.1) is 0 Å². The van der Waals surface area contributed by atoms with E-state index in [1.165, 1.54) is 11.1 Å². The number of hydrogen-bond donors (Lipinski definition) is 0. The van der Waals surface area contributed by atoms with Crippen LogP contribution in [-0.2, 0) is 17.8 Å². The van der Waals surface area contributed by atoms with Gasteiger partial charge in [0.1, 0.15) is 0 Å². The van der Waals surface area contributed by atoms with Crippen LogP contribution in [0.2, 0.25) is 0 Å². The highest BCUT2D eigenvalue weighted by molar-refractivity contribution is 5.44. The van der Waals surface area contributed by atoms with Crippen molar-refractivity contribution >= 4 is 0 Å². The third kappa shape index (κ3) is 4.13. The molecule has 2 fully saturated rings. The minimum absolute atomic E-state index is 0.0704. The summed E-state index contributed by atoms with van der Waals surface area (Å²) in [5.41, 5.74) is 2.73. The normalized spacial score (nSPS) is 23.2. The zero-order valence-corrected chi connectivity index (χ0v) is 17.2. The molecule has 0 saturated carbocycles. The minimum Gasteiger partial charge on any atom is -0.454 e.